The van der Waals surface area contributed by atoms with Crippen LogP contribution in [0.25, 0.3) is 0 Å². The Balaban J connectivity index is 3.47. The molecule has 0 aliphatic rings. The van der Waals surface area contributed by atoms with E-state index in [1.54, 1.807) is 0 Å². The predicted octanol–water partition coefficient (Wildman–Crippen LogP) is 12.2. The van der Waals surface area contributed by atoms with Crippen molar-refractivity contribution in [2.24, 2.45) is 0 Å². The number of aliphatic hydroxyl groups is 2. The van der Waals surface area contributed by atoms with Gasteiger partial charge in [0.15, 0.2) is 0 Å². The van der Waals surface area contributed by atoms with E-state index in [2.05, 4.69) is 31.3 Å². The van der Waals surface area contributed by atoms with Gasteiger partial charge >= 0.3 is 5.97 Å². The van der Waals surface area contributed by atoms with Crippen LogP contribution in [0.5, 0.6) is 0 Å². The molecule has 0 bridgehead atoms. The van der Waals surface area contributed by atoms with E-state index in [1.807, 2.05) is 0 Å². The molecule has 0 aromatic rings. The molecule has 2 atom stereocenters. The zero-order chi connectivity index (χ0) is 36.6. The highest BCUT2D eigenvalue weighted by Gasteiger charge is 2.20. The molecule has 0 fully saturated rings. The van der Waals surface area contributed by atoms with Gasteiger partial charge in [0, 0.05) is 12.8 Å². The number of rotatable bonds is 40. The highest BCUT2D eigenvalue weighted by Crippen LogP contribution is 2.15. The van der Waals surface area contributed by atoms with Gasteiger partial charge in [0.05, 0.1) is 25.4 Å². The summed E-state index contributed by atoms with van der Waals surface area (Å²) in [7, 11) is 0. The van der Waals surface area contributed by atoms with Crippen LogP contribution in [-0.2, 0) is 14.3 Å². The predicted molar refractivity (Wildman–Crippen MR) is 213 cm³/mol. The highest BCUT2D eigenvalue weighted by molar-refractivity contribution is 5.76. The topological polar surface area (TPSA) is 95.9 Å². The summed E-state index contributed by atoms with van der Waals surface area (Å²) < 4.78 is 5.43. The smallest absolute Gasteiger partial charge is 0.305 e. The molecule has 0 heterocycles. The summed E-state index contributed by atoms with van der Waals surface area (Å²) >= 11 is 0. The van der Waals surface area contributed by atoms with Crippen molar-refractivity contribution in [1.29, 1.82) is 0 Å². The number of ether oxygens (including phenoxy) is 1. The number of nitrogens with one attached hydrogen (secondary N) is 1. The number of carbonyl (C=O) groups excluding carboxylic acids is 2. The van der Waals surface area contributed by atoms with Crippen LogP contribution in [0, 0.1) is 0 Å². The van der Waals surface area contributed by atoms with Gasteiger partial charge in [0.25, 0.3) is 0 Å². The van der Waals surface area contributed by atoms with Crippen LogP contribution in [0.3, 0.4) is 0 Å². The highest BCUT2D eigenvalue weighted by atomic mass is 16.5. The van der Waals surface area contributed by atoms with Crippen molar-refractivity contribution in [3.8, 4) is 0 Å². The molecular formula is C44H85NO5. The first-order chi connectivity index (χ1) is 24.5. The number of esters is 1. The molecule has 6 nitrogen and oxygen atoms in total. The fourth-order valence-electron chi connectivity index (χ4n) is 6.63. The van der Waals surface area contributed by atoms with Crippen molar-refractivity contribution < 1.29 is 24.5 Å². The van der Waals surface area contributed by atoms with Gasteiger partial charge in [-0.1, -0.05) is 180 Å². The zero-order valence-corrected chi connectivity index (χ0v) is 33.4. The quantitative estimate of drug-likeness (QED) is 0.0335. The van der Waals surface area contributed by atoms with Gasteiger partial charge < -0.3 is 20.3 Å². The number of hydrogen-bond acceptors (Lipinski definition) is 5. The normalized spacial score (nSPS) is 12.8. The molecule has 0 aliphatic heterocycles. The maximum atomic E-state index is 12.4. The third-order valence-electron chi connectivity index (χ3n) is 10.1. The lowest BCUT2D eigenvalue weighted by molar-refractivity contribution is -0.143. The van der Waals surface area contributed by atoms with E-state index in [0.29, 0.717) is 25.9 Å². The average Bonchev–Trinajstić information content (AvgIpc) is 3.11. The van der Waals surface area contributed by atoms with Crippen LogP contribution >= 0.6 is 0 Å². The number of hydrogen-bond donors (Lipinski definition) is 3. The van der Waals surface area contributed by atoms with Crippen molar-refractivity contribution in [1.82, 2.24) is 5.32 Å². The van der Waals surface area contributed by atoms with Crippen molar-refractivity contribution in [3.05, 3.63) is 12.2 Å². The summed E-state index contributed by atoms with van der Waals surface area (Å²) in [5.74, 6) is -0.0812. The Labute approximate surface area is 310 Å². The Morgan fingerprint density at radius 3 is 1.46 bits per heavy atom. The van der Waals surface area contributed by atoms with Gasteiger partial charge in [-0.05, 0) is 51.4 Å². The number of unbranched alkanes of at least 4 members (excludes halogenated alkanes) is 27. The van der Waals surface area contributed by atoms with E-state index in [0.717, 1.165) is 57.8 Å². The Hall–Kier alpha value is -1.40. The second-order valence-electron chi connectivity index (χ2n) is 15.0. The Morgan fingerprint density at radius 2 is 0.940 bits per heavy atom. The number of amides is 1. The summed E-state index contributed by atoms with van der Waals surface area (Å²) in [5, 5.41) is 23.0. The molecule has 0 radical (unpaired) electrons. The molecule has 296 valence electrons. The van der Waals surface area contributed by atoms with Crippen molar-refractivity contribution in [2.45, 2.75) is 244 Å². The second kappa shape index (κ2) is 40.4. The van der Waals surface area contributed by atoms with E-state index >= 15 is 0 Å². The lowest BCUT2D eigenvalue weighted by Gasteiger charge is -2.22. The number of aliphatic hydroxyl groups excluding tert-OH is 2. The van der Waals surface area contributed by atoms with Gasteiger partial charge in [0.1, 0.15) is 0 Å². The molecule has 6 heteroatoms. The van der Waals surface area contributed by atoms with Gasteiger partial charge in [0.2, 0.25) is 5.91 Å². The Kier molecular flexibility index (Phi) is 39.2. The summed E-state index contributed by atoms with van der Waals surface area (Å²) in [4.78, 5) is 24.3. The monoisotopic (exact) mass is 708 g/mol. The van der Waals surface area contributed by atoms with Crippen LogP contribution in [0.15, 0.2) is 12.2 Å². The SMILES string of the molecule is CCCCC/C=C\CCCCCCCC(=O)OCCCCCCCCCCCCCC(=O)NC(CO)C(O)CCCCCCCCCCCC. The molecule has 0 aromatic heterocycles. The van der Waals surface area contributed by atoms with Crippen LogP contribution < -0.4 is 5.32 Å². The molecule has 0 rings (SSSR count). The first kappa shape index (κ1) is 48.6. The first-order valence-electron chi connectivity index (χ1n) is 21.9. The van der Waals surface area contributed by atoms with E-state index < -0.39 is 12.1 Å². The van der Waals surface area contributed by atoms with Crippen molar-refractivity contribution in [3.63, 3.8) is 0 Å². The number of allylic oxidation sites excluding steroid dienone is 2. The minimum Gasteiger partial charge on any atom is -0.466 e. The molecule has 0 aromatic carbocycles. The largest absolute Gasteiger partial charge is 0.466 e. The third kappa shape index (κ3) is 36.4. The first-order valence-corrected chi connectivity index (χ1v) is 21.9. The third-order valence-corrected chi connectivity index (χ3v) is 10.1. The maximum Gasteiger partial charge on any atom is 0.305 e. The molecule has 1 amide bonds. The average molecular weight is 708 g/mol. The van der Waals surface area contributed by atoms with Gasteiger partial charge in [-0.3, -0.25) is 9.59 Å². The molecule has 0 aliphatic carbocycles. The van der Waals surface area contributed by atoms with Crippen LogP contribution in [-0.4, -0.2) is 47.4 Å². The van der Waals surface area contributed by atoms with Gasteiger partial charge in [-0.2, -0.15) is 0 Å². The Morgan fingerprint density at radius 1 is 0.540 bits per heavy atom. The van der Waals surface area contributed by atoms with E-state index in [9.17, 15) is 19.8 Å². The fourth-order valence-corrected chi connectivity index (χ4v) is 6.63. The minimum atomic E-state index is -0.673. The molecule has 0 saturated carbocycles. The van der Waals surface area contributed by atoms with Gasteiger partial charge in [-0.15, -0.1) is 0 Å². The lowest BCUT2D eigenvalue weighted by atomic mass is 10.0. The van der Waals surface area contributed by atoms with Crippen molar-refractivity contribution >= 4 is 11.9 Å². The molecule has 3 N–H and O–H groups in total. The fraction of sp³-hybridized carbons (Fsp3) is 0.909. The van der Waals surface area contributed by atoms with E-state index in [-0.39, 0.29) is 18.5 Å². The summed E-state index contributed by atoms with van der Waals surface area (Å²) in [6.45, 7) is 4.85. The van der Waals surface area contributed by atoms with Crippen molar-refractivity contribution in [2.75, 3.05) is 13.2 Å². The van der Waals surface area contributed by atoms with E-state index in [4.69, 9.17) is 4.74 Å². The van der Waals surface area contributed by atoms with Crippen LogP contribution in [0.2, 0.25) is 0 Å². The van der Waals surface area contributed by atoms with E-state index in [1.165, 1.54) is 141 Å². The molecule has 0 saturated heterocycles. The summed E-state index contributed by atoms with van der Waals surface area (Å²) in [6, 6.07) is -0.552. The summed E-state index contributed by atoms with van der Waals surface area (Å²) in [6.07, 6.45) is 43.0. The zero-order valence-electron chi connectivity index (χ0n) is 33.4. The second-order valence-corrected chi connectivity index (χ2v) is 15.0. The minimum absolute atomic E-state index is 0.0244. The molecule has 0 spiro atoms. The molecule has 50 heavy (non-hydrogen) atoms. The number of carbonyl (C=O) groups is 2. The van der Waals surface area contributed by atoms with Gasteiger partial charge in [-0.25, -0.2) is 0 Å². The molecule has 2 unspecified atom stereocenters. The Bertz CT molecular complexity index is 742. The summed E-state index contributed by atoms with van der Waals surface area (Å²) in [5.41, 5.74) is 0. The maximum absolute atomic E-state index is 12.4. The van der Waals surface area contributed by atoms with Crippen LogP contribution in [0.1, 0.15) is 232 Å². The van der Waals surface area contributed by atoms with Crippen LogP contribution in [0.4, 0.5) is 0 Å². The molecular weight excluding hydrogens is 622 g/mol. The lowest BCUT2D eigenvalue weighted by Crippen LogP contribution is -2.45. The standard InChI is InChI=1S/C44H85NO5/c1-3-5-7-9-11-13-15-18-22-26-30-34-38-44(49)50-39-35-31-27-23-19-16-17-21-25-29-33-37-43(48)45-41(40-46)42(47)36-32-28-24-20-14-12-10-8-6-4-2/h11,13,41-42,46-47H,3-10,12,14-40H2,1-2H3,(H,45,48)/b13-11-.